The zero-order chi connectivity index (χ0) is 19.0. The number of rotatable bonds is 4. The summed E-state index contributed by atoms with van der Waals surface area (Å²) in [5, 5.41) is 4.13. The number of amides is 3. The Hall–Kier alpha value is -3.25. The lowest BCUT2D eigenvalue weighted by Crippen LogP contribution is -2.32. The average molecular weight is 380 g/mol. The summed E-state index contributed by atoms with van der Waals surface area (Å²) in [4.78, 5) is 42.4. The van der Waals surface area contributed by atoms with Gasteiger partial charge in [0.25, 0.3) is 11.8 Å². The van der Waals surface area contributed by atoms with E-state index in [2.05, 4.69) is 10.3 Å². The Balaban J connectivity index is 1.46. The fourth-order valence-electron chi connectivity index (χ4n) is 3.10. The Morgan fingerprint density at radius 1 is 1.04 bits per heavy atom. The summed E-state index contributed by atoms with van der Waals surface area (Å²) < 4.78 is 0. The molecule has 1 N–H and O–H groups in total. The minimum absolute atomic E-state index is 0.00285. The molecule has 0 aliphatic carbocycles. The van der Waals surface area contributed by atoms with Gasteiger partial charge >= 0.3 is 0 Å². The van der Waals surface area contributed by atoms with E-state index in [1.165, 1.54) is 0 Å². The van der Waals surface area contributed by atoms with Crippen LogP contribution in [0.1, 0.15) is 27.1 Å². The van der Waals surface area contributed by atoms with Crippen LogP contribution >= 0.6 is 11.6 Å². The van der Waals surface area contributed by atoms with Crippen LogP contribution in [0.2, 0.25) is 5.02 Å². The number of carbonyl (C=O) groups excluding carboxylic acids is 3. The lowest BCUT2D eigenvalue weighted by Gasteiger charge is -2.14. The van der Waals surface area contributed by atoms with E-state index in [-0.39, 0.29) is 30.7 Å². The second kappa shape index (κ2) is 6.81. The molecule has 0 unspecified atom stereocenters. The Morgan fingerprint density at radius 2 is 1.74 bits per heavy atom. The third kappa shape index (κ3) is 3.15. The molecule has 7 heteroatoms. The van der Waals surface area contributed by atoms with Gasteiger partial charge in [-0.15, -0.1) is 0 Å². The van der Waals surface area contributed by atoms with Crippen molar-refractivity contribution in [3.05, 3.63) is 70.9 Å². The highest BCUT2D eigenvalue weighted by Gasteiger charge is 2.34. The first-order chi connectivity index (χ1) is 13.0. The van der Waals surface area contributed by atoms with E-state index in [9.17, 15) is 14.4 Å². The second-order valence-corrected chi connectivity index (χ2v) is 6.56. The molecule has 0 radical (unpaired) electrons. The molecule has 2 heterocycles. The van der Waals surface area contributed by atoms with Crippen LogP contribution in [0.4, 0.5) is 5.69 Å². The summed E-state index contributed by atoms with van der Waals surface area (Å²) in [6, 6.07) is 13.6. The molecular weight excluding hydrogens is 366 g/mol. The molecule has 1 aliphatic heterocycles. The minimum atomic E-state index is -0.368. The minimum Gasteiger partial charge on any atom is -0.325 e. The van der Waals surface area contributed by atoms with Crippen LogP contribution < -0.4 is 5.32 Å². The maximum atomic E-state index is 12.4. The van der Waals surface area contributed by atoms with Gasteiger partial charge in [0.1, 0.15) is 0 Å². The number of fused-ring (bicyclic) bond motifs is 2. The molecule has 3 amide bonds. The van der Waals surface area contributed by atoms with Gasteiger partial charge in [-0.1, -0.05) is 23.7 Å². The van der Waals surface area contributed by atoms with Crippen molar-refractivity contribution in [2.75, 3.05) is 11.9 Å². The Bertz CT molecular complexity index is 1060. The highest BCUT2D eigenvalue weighted by atomic mass is 35.5. The average Bonchev–Trinajstić information content (AvgIpc) is 2.91. The van der Waals surface area contributed by atoms with E-state index in [0.29, 0.717) is 27.4 Å². The van der Waals surface area contributed by atoms with Crippen molar-refractivity contribution in [1.29, 1.82) is 0 Å². The van der Waals surface area contributed by atoms with E-state index in [1.54, 1.807) is 54.7 Å². The van der Waals surface area contributed by atoms with Gasteiger partial charge in [0.2, 0.25) is 5.91 Å². The number of pyridine rings is 1. The highest BCUT2D eigenvalue weighted by molar-refractivity contribution is 6.31. The van der Waals surface area contributed by atoms with E-state index >= 15 is 0 Å². The number of imide groups is 1. The summed E-state index contributed by atoms with van der Waals surface area (Å²) in [7, 11) is 0. The van der Waals surface area contributed by atoms with E-state index in [0.717, 1.165) is 10.3 Å². The zero-order valence-corrected chi connectivity index (χ0v) is 14.9. The third-order valence-electron chi connectivity index (χ3n) is 4.42. The van der Waals surface area contributed by atoms with Gasteiger partial charge in [-0.25, -0.2) is 0 Å². The molecular formula is C20H14ClN3O3. The first kappa shape index (κ1) is 17.2. The van der Waals surface area contributed by atoms with Gasteiger partial charge in [0.15, 0.2) is 0 Å². The maximum absolute atomic E-state index is 12.4. The Morgan fingerprint density at radius 3 is 2.44 bits per heavy atom. The molecule has 1 aliphatic rings. The van der Waals surface area contributed by atoms with Crippen LogP contribution in [0.5, 0.6) is 0 Å². The maximum Gasteiger partial charge on any atom is 0.261 e. The smallest absolute Gasteiger partial charge is 0.261 e. The lowest BCUT2D eigenvalue weighted by molar-refractivity contribution is -0.116. The van der Waals surface area contributed by atoms with Crippen molar-refractivity contribution in [2.24, 2.45) is 0 Å². The molecule has 4 rings (SSSR count). The SMILES string of the molecule is O=C(CCN1C(=O)c2ccccc2C1=O)Nc1ccnc2cc(Cl)ccc12. The number of halogens is 1. The normalized spacial score (nSPS) is 13.1. The number of carbonyl (C=O) groups is 3. The predicted molar refractivity (Wildman–Crippen MR) is 102 cm³/mol. The molecule has 0 fully saturated rings. The molecule has 6 nitrogen and oxygen atoms in total. The number of anilines is 1. The molecule has 3 aromatic rings. The fourth-order valence-corrected chi connectivity index (χ4v) is 3.26. The Labute approximate surface area is 159 Å². The second-order valence-electron chi connectivity index (χ2n) is 6.13. The number of nitrogens with one attached hydrogen (secondary N) is 1. The van der Waals surface area contributed by atoms with Crippen molar-refractivity contribution in [1.82, 2.24) is 9.88 Å². The molecule has 0 saturated heterocycles. The standard InChI is InChI=1S/C20H14ClN3O3/c21-12-5-6-15-16(7-9-22-17(15)11-12)23-18(25)8-10-24-19(26)13-3-1-2-4-14(13)20(24)27/h1-7,9,11H,8,10H2,(H,22,23,25). The van der Waals surface area contributed by atoms with E-state index < -0.39 is 0 Å². The third-order valence-corrected chi connectivity index (χ3v) is 4.65. The highest BCUT2D eigenvalue weighted by Crippen LogP contribution is 2.25. The van der Waals surface area contributed by atoms with Gasteiger partial charge in [0.05, 0.1) is 22.3 Å². The summed E-state index contributed by atoms with van der Waals surface area (Å²) in [5.74, 6) is -1.03. The molecule has 134 valence electrons. The van der Waals surface area contributed by atoms with Crippen molar-refractivity contribution < 1.29 is 14.4 Å². The molecule has 1 aromatic heterocycles. The first-order valence-electron chi connectivity index (χ1n) is 8.34. The van der Waals surface area contributed by atoms with Gasteiger partial charge in [-0.3, -0.25) is 24.3 Å². The number of benzene rings is 2. The molecule has 0 spiro atoms. The zero-order valence-electron chi connectivity index (χ0n) is 14.1. The van der Waals surface area contributed by atoms with Crippen molar-refractivity contribution in [3.8, 4) is 0 Å². The van der Waals surface area contributed by atoms with E-state index in [1.807, 2.05) is 0 Å². The van der Waals surface area contributed by atoms with Crippen LogP contribution in [0.25, 0.3) is 10.9 Å². The largest absolute Gasteiger partial charge is 0.325 e. The molecule has 0 atom stereocenters. The fraction of sp³-hybridized carbons (Fsp3) is 0.100. The summed E-state index contributed by atoms with van der Waals surface area (Å²) in [6.45, 7) is 0.0209. The van der Waals surface area contributed by atoms with Crippen LogP contribution in [-0.2, 0) is 4.79 Å². The van der Waals surface area contributed by atoms with Gasteiger partial charge in [0, 0.05) is 29.6 Å². The lowest BCUT2D eigenvalue weighted by atomic mass is 10.1. The van der Waals surface area contributed by atoms with Crippen molar-refractivity contribution in [3.63, 3.8) is 0 Å². The summed E-state index contributed by atoms with van der Waals surface area (Å²) in [5.41, 5.74) is 2.02. The van der Waals surface area contributed by atoms with Crippen molar-refractivity contribution in [2.45, 2.75) is 6.42 Å². The van der Waals surface area contributed by atoms with Crippen molar-refractivity contribution >= 4 is 45.9 Å². The van der Waals surface area contributed by atoms with Crippen LogP contribution in [-0.4, -0.2) is 34.2 Å². The molecule has 0 saturated carbocycles. The Kier molecular flexibility index (Phi) is 4.33. The van der Waals surface area contributed by atoms with Crippen LogP contribution in [0, 0.1) is 0 Å². The van der Waals surface area contributed by atoms with Gasteiger partial charge in [-0.2, -0.15) is 0 Å². The van der Waals surface area contributed by atoms with E-state index in [4.69, 9.17) is 11.6 Å². The monoisotopic (exact) mass is 379 g/mol. The molecule has 27 heavy (non-hydrogen) atoms. The first-order valence-corrected chi connectivity index (χ1v) is 8.72. The van der Waals surface area contributed by atoms with Crippen LogP contribution in [0.3, 0.4) is 0 Å². The predicted octanol–water partition coefficient (Wildman–Crippen LogP) is 3.51. The number of hydrogen-bond donors (Lipinski definition) is 1. The quantitative estimate of drug-likeness (QED) is 0.703. The summed E-state index contributed by atoms with van der Waals surface area (Å²) >= 11 is 5.97. The molecule has 2 aromatic carbocycles. The number of nitrogens with zero attached hydrogens (tertiary/aromatic N) is 2. The number of aromatic nitrogens is 1. The van der Waals surface area contributed by atoms with Gasteiger partial charge in [-0.05, 0) is 36.4 Å². The van der Waals surface area contributed by atoms with Gasteiger partial charge < -0.3 is 5.32 Å². The molecule has 0 bridgehead atoms. The summed E-state index contributed by atoms with van der Waals surface area (Å²) in [6.07, 6.45) is 1.58. The topological polar surface area (TPSA) is 79.4 Å². The number of hydrogen-bond acceptors (Lipinski definition) is 4. The van der Waals surface area contributed by atoms with Crippen LogP contribution in [0.15, 0.2) is 54.7 Å².